The lowest BCUT2D eigenvalue weighted by atomic mass is 10.3. The summed E-state index contributed by atoms with van der Waals surface area (Å²) in [7, 11) is 0. The third-order valence-electron chi connectivity index (χ3n) is 2.12. The van der Waals surface area contributed by atoms with Crippen LogP contribution in [0.1, 0.15) is 29.3 Å². The van der Waals surface area contributed by atoms with E-state index >= 15 is 0 Å². The van der Waals surface area contributed by atoms with Gasteiger partial charge in [-0.05, 0) is 6.92 Å². The van der Waals surface area contributed by atoms with Gasteiger partial charge in [0.15, 0.2) is 0 Å². The van der Waals surface area contributed by atoms with Gasteiger partial charge in [0, 0.05) is 18.6 Å². The van der Waals surface area contributed by atoms with Gasteiger partial charge in [0.1, 0.15) is 11.5 Å². The highest BCUT2D eigenvalue weighted by molar-refractivity contribution is 5.92. The van der Waals surface area contributed by atoms with Crippen LogP contribution in [0.15, 0.2) is 23.4 Å². The Kier molecular flexibility index (Phi) is 2.59. The fourth-order valence-corrected chi connectivity index (χ4v) is 1.31. The molecule has 16 heavy (non-hydrogen) atoms. The molecule has 1 atom stereocenters. The lowest BCUT2D eigenvalue weighted by molar-refractivity contribution is 0.0933. The van der Waals surface area contributed by atoms with Gasteiger partial charge in [-0.1, -0.05) is 0 Å². The maximum Gasteiger partial charge on any atom is 0.323 e. The normalized spacial score (nSPS) is 12.3. The number of carbonyl (C=O) groups is 1. The molecular formula is C9H11N5O2. The Balaban J connectivity index is 2.05. The zero-order valence-electron chi connectivity index (χ0n) is 8.57. The highest BCUT2D eigenvalue weighted by atomic mass is 16.2. The van der Waals surface area contributed by atoms with Crippen LogP contribution in [0, 0.1) is 0 Å². The highest BCUT2D eigenvalue weighted by Gasteiger charge is 2.13. The molecule has 0 spiro atoms. The summed E-state index contributed by atoms with van der Waals surface area (Å²) in [5.41, 5.74) is -0.209. The molecule has 0 fully saturated rings. The molecule has 0 bridgehead atoms. The SMILES string of the molecule is CC(NC(=O)c1c[nH]c(=O)[nH]1)c1ncc[nH]1. The van der Waals surface area contributed by atoms with E-state index in [1.54, 1.807) is 19.3 Å². The zero-order valence-corrected chi connectivity index (χ0v) is 8.57. The number of aromatic amines is 3. The Morgan fingerprint density at radius 1 is 1.50 bits per heavy atom. The Hall–Kier alpha value is -2.31. The molecule has 0 aliphatic rings. The largest absolute Gasteiger partial charge is 0.347 e. The number of carbonyl (C=O) groups excluding carboxylic acids is 1. The molecule has 4 N–H and O–H groups in total. The van der Waals surface area contributed by atoms with Gasteiger partial charge in [-0.3, -0.25) is 4.79 Å². The summed E-state index contributed by atoms with van der Waals surface area (Å²) in [6.07, 6.45) is 4.61. The number of H-pyrrole nitrogens is 3. The maximum absolute atomic E-state index is 11.6. The van der Waals surface area contributed by atoms with Crippen molar-refractivity contribution in [3.05, 3.63) is 40.6 Å². The molecule has 0 saturated carbocycles. The number of nitrogens with one attached hydrogen (secondary N) is 4. The van der Waals surface area contributed by atoms with Crippen molar-refractivity contribution in [1.82, 2.24) is 25.3 Å². The van der Waals surface area contributed by atoms with Crippen LogP contribution in [0.4, 0.5) is 0 Å². The van der Waals surface area contributed by atoms with E-state index in [1.165, 1.54) is 6.20 Å². The molecule has 0 radical (unpaired) electrons. The van der Waals surface area contributed by atoms with Crippen molar-refractivity contribution in [3.63, 3.8) is 0 Å². The number of hydrogen-bond acceptors (Lipinski definition) is 3. The van der Waals surface area contributed by atoms with Crippen molar-refractivity contribution >= 4 is 5.91 Å². The molecule has 84 valence electrons. The fourth-order valence-electron chi connectivity index (χ4n) is 1.31. The summed E-state index contributed by atoms with van der Waals surface area (Å²) in [5.74, 6) is 0.300. The third-order valence-corrected chi connectivity index (χ3v) is 2.12. The number of nitrogens with zero attached hydrogens (tertiary/aromatic N) is 1. The lowest BCUT2D eigenvalue weighted by Crippen LogP contribution is -2.28. The first kappa shape index (κ1) is 10.2. The van der Waals surface area contributed by atoms with Crippen LogP contribution in [0.25, 0.3) is 0 Å². The molecule has 1 unspecified atom stereocenters. The molecule has 2 aromatic rings. The van der Waals surface area contributed by atoms with E-state index in [2.05, 4.69) is 25.3 Å². The third kappa shape index (κ3) is 2.02. The van der Waals surface area contributed by atoms with Crippen LogP contribution in [-0.4, -0.2) is 25.8 Å². The van der Waals surface area contributed by atoms with Gasteiger partial charge >= 0.3 is 5.69 Å². The first-order valence-electron chi connectivity index (χ1n) is 4.74. The minimum atomic E-state index is -0.407. The van der Waals surface area contributed by atoms with Gasteiger partial charge in [-0.15, -0.1) is 0 Å². The summed E-state index contributed by atoms with van der Waals surface area (Å²) in [4.78, 5) is 34.1. The van der Waals surface area contributed by atoms with Crippen LogP contribution in [0.5, 0.6) is 0 Å². The van der Waals surface area contributed by atoms with Gasteiger partial charge in [-0.25, -0.2) is 9.78 Å². The van der Waals surface area contributed by atoms with Crippen LogP contribution in [-0.2, 0) is 0 Å². The second-order valence-electron chi connectivity index (χ2n) is 3.33. The molecule has 7 heteroatoms. The Bertz CT molecular complexity index is 524. The van der Waals surface area contributed by atoms with E-state index in [1.807, 2.05) is 0 Å². The molecular weight excluding hydrogens is 210 g/mol. The summed E-state index contributed by atoms with van der Waals surface area (Å²) in [6, 6.07) is -0.249. The smallest absolute Gasteiger partial charge is 0.323 e. The Labute approximate surface area is 90.3 Å². The predicted octanol–water partition coefficient (Wildman–Crippen LogP) is -0.0829. The molecule has 7 nitrogen and oxygen atoms in total. The van der Waals surface area contributed by atoms with E-state index in [9.17, 15) is 9.59 Å². The van der Waals surface area contributed by atoms with E-state index in [0.29, 0.717) is 5.82 Å². The topological polar surface area (TPSA) is 106 Å². The molecule has 0 aliphatic heterocycles. The van der Waals surface area contributed by atoms with Gasteiger partial charge in [0.05, 0.1) is 6.04 Å². The van der Waals surface area contributed by atoms with Crippen LogP contribution in [0.3, 0.4) is 0 Å². The van der Waals surface area contributed by atoms with Crippen molar-refractivity contribution in [1.29, 1.82) is 0 Å². The maximum atomic E-state index is 11.6. The summed E-state index contributed by atoms with van der Waals surface area (Å²) >= 11 is 0. The molecule has 0 aromatic carbocycles. The number of hydrogen-bond donors (Lipinski definition) is 4. The number of amides is 1. The van der Waals surface area contributed by atoms with Gasteiger partial charge in [0.25, 0.3) is 5.91 Å². The highest BCUT2D eigenvalue weighted by Crippen LogP contribution is 2.05. The Morgan fingerprint density at radius 2 is 2.31 bits per heavy atom. The zero-order chi connectivity index (χ0) is 11.5. The molecule has 2 aromatic heterocycles. The molecule has 2 heterocycles. The average Bonchev–Trinajstić information content (AvgIpc) is 2.87. The van der Waals surface area contributed by atoms with Crippen LogP contribution < -0.4 is 11.0 Å². The minimum Gasteiger partial charge on any atom is -0.347 e. The van der Waals surface area contributed by atoms with E-state index in [4.69, 9.17) is 0 Å². The fraction of sp³-hybridized carbons (Fsp3) is 0.222. The lowest BCUT2D eigenvalue weighted by Gasteiger charge is -2.09. The quantitative estimate of drug-likeness (QED) is 0.582. The summed E-state index contributed by atoms with van der Waals surface area (Å²) < 4.78 is 0. The average molecular weight is 221 g/mol. The van der Waals surface area contributed by atoms with E-state index < -0.39 is 5.69 Å². The number of aromatic nitrogens is 4. The van der Waals surface area contributed by atoms with Gasteiger partial charge in [0.2, 0.25) is 0 Å². The molecule has 2 rings (SSSR count). The van der Waals surface area contributed by atoms with E-state index in [-0.39, 0.29) is 17.6 Å². The van der Waals surface area contributed by atoms with E-state index in [0.717, 1.165) is 0 Å². The molecule has 0 saturated heterocycles. The second kappa shape index (κ2) is 4.05. The molecule has 0 aliphatic carbocycles. The van der Waals surface area contributed by atoms with Crippen molar-refractivity contribution in [2.75, 3.05) is 0 Å². The minimum absolute atomic E-state index is 0.198. The van der Waals surface area contributed by atoms with Gasteiger partial charge < -0.3 is 20.3 Å². The predicted molar refractivity (Wildman–Crippen MR) is 55.9 cm³/mol. The monoisotopic (exact) mass is 221 g/mol. The molecule has 1 amide bonds. The van der Waals surface area contributed by atoms with Crippen molar-refractivity contribution in [3.8, 4) is 0 Å². The van der Waals surface area contributed by atoms with Crippen LogP contribution in [0.2, 0.25) is 0 Å². The van der Waals surface area contributed by atoms with Crippen molar-refractivity contribution in [2.24, 2.45) is 0 Å². The number of imidazole rings is 2. The van der Waals surface area contributed by atoms with Crippen molar-refractivity contribution < 1.29 is 4.79 Å². The van der Waals surface area contributed by atoms with Gasteiger partial charge in [-0.2, -0.15) is 0 Å². The summed E-state index contributed by atoms with van der Waals surface area (Å²) in [6.45, 7) is 1.79. The van der Waals surface area contributed by atoms with Crippen LogP contribution >= 0.6 is 0 Å². The standard InChI is InChI=1S/C9H11N5O2/c1-5(7-10-2-3-11-7)13-8(15)6-4-12-9(16)14-6/h2-5H,1H3,(H,10,11)(H,13,15)(H2,12,14,16). The first-order chi connectivity index (χ1) is 7.66. The second-order valence-corrected chi connectivity index (χ2v) is 3.33. The number of rotatable bonds is 3. The Morgan fingerprint density at radius 3 is 2.88 bits per heavy atom. The summed E-state index contributed by atoms with van der Waals surface area (Å²) in [5, 5.41) is 2.69. The van der Waals surface area contributed by atoms with Crippen molar-refractivity contribution in [2.45, 2.75) is 13.0 Å². The first-order valence-corrected chi connectivity index (χ1v) is 4.74.